The van der Waals surface area contributed by atoms with Crippen molar-refractivity contribution >= 4 is 17.5 Å². The highest BCUT2D eigenvalue weighted by Crippen LogP contribution is 2.30. The number of ether oxygens (including phenoxy) is 2. The second-order valence-corrected chi connectivity index (χ2v) is 7.36. The quantitative estimate of drug-likeness (QED) is 0.675. The Balaban J connectivity index is 1.49. The SMILES string of the molecule is COc1ccc(CCC(=O)NC(C)c2ccc(NC(=O)C3CC3)cc2)cc1OC. The van der Waals surface area contributed by atoms with Gasteiger partial charge in [-0.3, -0.25) is 9.59 Å². The third-order valence-electron chi connectivity index (χ3n) is 5.09. The molecule has 29 heavy (non-hydrogen) atoms. The van der Waals surface area contributed by atoms with Crippen molar-refractivity contribution < 1.29 is 19.1 Å². The van der Waals surface area contributed by atoms with Crippen molar-refractivity contribution in [2.45, 2.75) is 38.6 Å². The fourth-order valence-electron chi connectivity index (χ4n) is 3.14. The molecule has 6 nitrogen and oxygen atoms in total. The molecule has 6 heteroatoms. The van der Waals surface area contributed by atoms with Crippen molar-refractivity contribution in [2.24, 2.45) is 5.92 Å². The summed E-state index contributed by atoms with van der Waals surface area (Å²) >= 11 is 0. The van der Waals surface area contributed by atoms with Crippen molar-refractivity contribution in [3.63, 3.8) is 0 Å². The molecule has 2 amide bonds. The van der Waals surface area contributed by atoms with Gasteiger partial charge in [-0.25, -0.2) is 0 Å². The summed E-state index contributed by atoms with van der Waals surface area (Å²) < 4.78 is 10.5. The highest BCUT2D eigenvalue weighted by Gasteiger charge is 2.29. The van der Waals surface area contributed by atoms with Gasteiger partial charge in [-0.1, -0.05) is 18.2 Å². The number of aryl methyl sites for hydroxylation is 1. The number of hydrogen-bond donors (Lipinski definition) is 2. The topological polar surface area (TPSA) is 76.7 Å². The Bertz CT molecular complexity index is 860. The van der Waals surface area contributed by atoms with Gasteiger partial charge in [0.25, 0.3) is 0 Å². The van der Waals surface area contributed by atoms with E-state index >= 15 is 0 Å². The lowest BCUT2D eigenvalue weighted by molar-refractivity contribution is -0.121. The summed E-state index contributed by atoms with van der Waals surface area (Å²) in [6.45, 7) is 1.95. The molecule has 0 saturated heterocycles. The van der Waals surface area contributed by atoms with Crippen LogP contribution in [0.4, 0.5) is 5.69 Å². The molecule has 2 N–H and O–H groups in total. The average molecular weight is 396 g/mol. The molecular weight excluding hydrogens is 368 g/mol. The first-order valence-corrected chi connectivity index (χ1v) is 9.91. The smallest absolute Gasteiger partial charge is 0.227 e. The molecule has 2 aromatic carbocycles. The first kappa shape index (κ1) is 20.7. The van der Waals surface area contributed by atoms with Gasteiger partial charge in [0.15, 0.2) is 11.5 Å². The Morgan fingerprint density at radius 3 is 2.34 bits per heavy atom. The second-order valence-electron chi connectivity index (χ2n) is 7.36. The predicted octanol–water partition coefficient (Wildman–Crippen LogP) is 3.86. The fraction of sp³-hybridized carbons (Fsp3) is 0.391. The van der Waals surface area contributed by atoms with Crippen LogP contribution < -0.4 is 20.1 Å². The number of nitrogens with one attached hydrogen (secondary N) is 2. The van der Waals surface area contributed by atoms with Crippen LogP contribution >= 0.6 is 0 Å². The Hall–Kier alpha value is -3.02. The van der Waals surface area contributed by atoms with E-state index in [1.807, 2.05) is 49.4 Å². The molecule has 0 aliphatic heterocycles. The zero-order valence-electron chi connectivity index (χ0n) is 17.2. The molecule has 1 aliphatic carbocycles. The van der Waals surface area contributed by atoms with E-state index in [1.165, 1.54) is 0 Å². The number of hydrogen-bond acceptors (Lipinski definition) is 4. The first-order valence-electron chi connectivity index (χ1n) is 9.91. The van der Waals surface area contributed by atoms with E-state index < -0.39 is 0 Å². The zero-order chi connectivity index (χ0) is 20.8. The molecule has 1 aliphatic rings. The van der Waals surface area contributed by atoms with Gasteiger partial charge in [0.05, 0.1) is 20.3 Å². The Labute approximate surface area is 171 Å². The molecule has 0 heterocycles. The van der Waals surface area contributed by atoms with Crippen LogP contribution in [0.25, 0.3) is 0 Å². The number of benzene rings is 2. The summed E-state index contributed by atoms with van der Waals surface area (Å²) in [6, 6.07) is 13.2. The van der Waals surface area contributed by atoms with Gasteiger partial charge in [0.2, 0.25) is 11.8 Å². The van der Waals surface area contributed by atoms with Gasteiger partial charge in [-0.15, -0.1) is 0 Å². The van der Waals surface area contributed by atoms with Gasteiger partial charge in [-0.05, 0) is 61.6 Å². The number of rotatable bonds is 9. The van der Waals surface area contributed by atoms with Crippen LogP contribution in [0.2, 0.25) is 0 Å². The molecule has 0 spiro atoms. The monoisotopic (exact) mass is 396 g/mol. The van der Waals surface area contributed by atoms with Crippen LogP contribution in [0.1, 0.15) is 43.4 Å². The molecule has 2 aromatic rings. The van der Waals surface area contributed by atoms with Crippen LogP contribution in [-0.2, 0) is 16.0 Å². The van der Waals surface area contributed by atoms with Crippen molar-refractivity contribution in [3.05, 3.63) is 53.6 Å². The fourth-order valence-corrected chi connectivity index (χ4v) is 3.14. The minimum atomic E-state index is -0.110. The summed E-state index contributed by atoms with van der Waals surface area (Å²) in [5.41, 5.74) is 2.80. The lowest BCUT2D eigenvalue weighted by Gasteiger charge is -2.15. The van der Waals surface area contributed by atoms with Crippen LogP contribution in [0.3, 0.4) is 0 Å². The second kappa shape index (κ2) is 9.45. The first-order chi connectivity index (χ1) is 14.0. The van der Waals surface area contributed by atoms with Gasteiger partial charge in [0, 0.05) is 18.0 Å². The van der Waals surface area contributed by atoms with E-state index in [0.717, 1.165) is 29.7 Å². The summed E-state index contributed by atoms with van der Waals surface area (Å²) in [5, 5.41) is 5.95. The Morgan fingerprint density at radius 2 is 1.72 bits per heavy atom. The summed E-state index contributed by atoms with van der Waals surface area (Å²) in [4.78, 5) is 24.2. The maximum Gasteiger partial charge on any atom is 0.227 e. The highest BCUT2D eigenvalue weighted by atomic mass is 16.5. The van der Waals surface area contributed by atoms with Crippen LogP contribution in [-0.4, -0.2) is 26.0 Å². The molecule has 1 unspecified atom stereocenters. The van der Waals surface area contributed by atoms with Crippen LogP contribution in [0.5, 0.6) is 11.5 Å². The van der Waals surface area contributed by atoms with Crippen LogP contribution in [0.15, 0.2) is 42.5 Å². The summed E-state index contributed by atoms with van der Waals surface area (Å²) in [6.07, 6.45) is 2.97. The molecule has 0 aromatic heterocycles. The molecule has 154 valence electrons. The number of methoxy groups -OCH3 is 2. The molecular formula is C23H28N2O4. The van der Waals surface area contributed by atoms with E-state index in [0.29, 0.717) is 24.3 Å². The maximum absolute atomic E-state index is 12.3. The Kier molecular flexibility index (Phi) is 6.75. The lowest BCUT2D eigenvalue weighted by Crippen LogP contribution is -2.26. The van der Waals surface area contributed by atoms with Crippen molar-refractivity contribution in [3.8, 4) is 11.5 Å². The van der Waals surface area contributed by atoms with E-state index in [9.17, 15) is 9.59 Å². The number of amides is 2. The Morgan fingerprint density at radius 1 is 1.03 bits per heavy atom. The lowest BCUT2D eigenvalue weighted by atomic mass is 10.1. The predicted molar refractivity (Wildman–Crippen MR) is 112 cm³/mol. The number of carbonyl (C=O) groups excluding carboxylic acids is 2. The number of carbonyl (C=O) groups is 2. The standard InChI is InChI=1S/C23H28N2O4/c1-15(17-8-10-19(11-9-17)25-23(27)18-6-7-18)24-22(26)13-5-16-4-12-20(28-2)21(14-16)29-3/h4,8-12,14-15,18H,5-7,13H2,1-3H3,(H,24,26)(H,25,27). The molecule has 1 atom stereocenters. The third-order valence-corrected chi connectivity index (χ3v) is 5.09. The molecule has 3 rings (SSSR count). The average Bonchev–Trinajstić information content (AvgIpc) is 3.58. The minimum Gasteiger partial charge on any atom is -0.493 e. The van der Waals surface area contributed by atoms with Crippen molar-refractivity contribution in [1.29, 1.82) is 0 Å². The minimum absolute atomic E-state index is 0.0154. The molecule has 0 radical (unpaired) electrons. The van der Waals surface area contributed by atoms with E-state index in [2.05, 4.69) is 10.6 Å². The van der Waals surface area contributed by atoms with E-state index in [-0.39, 0.29) is 23.8 Å². The maximum atomic E-state index is 12.3. The largest absolute Gasteiger partial charge is 0.493 e. The van der Waals surface area contributed by atoms with Gasteiger partial charge in [-0.2, -0.15) is 0 Å². The van der Waals surface area contributed by atoms with Crippen molar-refractivity contribution in [2.75, 3.05) is 19.5 Å². The van der Waals surface area contributed by atoms with Gasteiger partial charge in [0.1, 0.15) is 0 Å². The van der Waals surface area contributed by atoms with Gasteiger partial charge < -0.3 is 20.1 Å². The number of anilines is 1. The summed E-state index contributed by atoms with van der Waals surface area (Å²) in [5.74, 6) is 1.59. The molecule has 0 bridgehead atoms. The highest BCUT2D eigenvalue weighted by molar-refractivity contribution is 5.94. The normalized spacial score (nSPS) is 14.0. The molecule has 1 saturated carbocycles. The van der Waals surface area contributed by atoms with Crippen LogP contribution in [0, 0.1) is 5.92 Å². The molecule has 1 fully saturated rings. The van der Waals surface area contributed by atoms with E-state index in [4.69, 9.17) is 9.47 Å². The summed E-state index contributed by atoms with van der Waals surface area (Å²) in [7, 11) is 3.19. The van der Waals surface area contributed by atoms with E-state index in [1.54, 1.807) is 14.2 Å². The van der Waals surface area contributed by atoms with Gasteiger partial charge >= 0.3 is 0 Å². The van der Waals surface area contributed by atoms with Crippen molar-refractivity contribution in [1.82, 2.24) is 5.32 Å². The zero-order valence-corrected chi connectivity index (χ0v) is 17.2. The third kappa shape index (κ3) is 5.73.